The number of fused-ring (bicyclic) bond motifs is 5. The van der Waals surface area contributed by atoms with Crippen LogP contribution in [0.5, 0.6) is 0 Å². The van der Waals surface area contributed by atoms with Gasteiger partial charge in [0.05, 0.1) is 5.41 Å². The molecule has 21 heavy (non-hydrogen) atoms. The molecule has 1 aromatic carbocycles. The van der Waals surface area contributed by atoms with Crippen molar-refractivity contribution in [3.05, 3.63) is 35.4 Å². The summed E-state index contributed by atoms with van der Waals surface area (Å²) in [5.41, 5.74) is 2.02. The zero-order valence-electron chi connectivity index (χ0n) is 12.2. The maximum atomic E-state index is 12.4. The van der Waals surface area contributed by atoms with E-state index in [9.17, 15) is 15.0 Å². The van der Waals surface area contributed by atoms with Crippen molar-refractivity contribution in [2.45, 2.75) is 50.7 Å². The lowest BCUT2D eigenvalue weighted by molar-refractivity contribution is -0.182. The predicted octanol–water partition coefficient (Wildman–Crippen LogP) is 2.40. The number of Topliss-reactive ketones (excluding diaryl/α,β-unsaturated/α-hetero) is 1. The summed E-state index contributed by atoms with van der Waals surface area (Å²) in [6.45, 7) is 0. The largest absolute Gasteiger partial charge is 0.367 e. The standard InChI is InChI=1S/C18H22O3/c19-16-8-7-15-14-6-5-11-3-1-2-4-12(11)13(14)9-10-18(15,16)17(20)21/h1-4,13-15,17,20-21H,5-10H2/t13-,14-,15+,18-/m1/s1. The maximum absolute atomic E-state index is 12.4. The average molecular weight is 286 g/mol. The highest BCUT2D eigenvalue weighted by atomic mass is 16.5. The average Bonchev–Trinajstić information content (AvgIpc) is 2.85. The Morgan fingerprint density at radius 2 is 1.90 bits per heavy atom. The third kappa shape index (κ3) is 1.71. The van der Waals surface area contributed by atoms with Crippen LogP contribution in [0.3, 0.4) is 0 Å². The number of rotatable bonds is 1. The lowest BCUT2D eigenvalue weighted by Crippen LogP contribution is -2.51. The smallest absolute Gasteiger partial charge is 0.164 e. The second-order valence-corrected chi connectivity index (χ2v) is 7.03. The van der Waals surface area contributed by atoms with Gasteiger partial charge in [-0.15, -0.1) is 0 Å². The molecule has 2 fully saturated rings. The summed E-state index contributed by atoms with van der Waals surface area (Å²) in [4.78, 5) is 12.4. The minimum Gasteiger partial charge on any atom is -0.367 e. The van der Waals surface area contributed by atoms with Gasteiger partial charge in [0, 0.05) is 6.42 Å². The summed E-state index contributed by atoms with van der Waals surface area (Å²) in [6, 6.07) is 8.64. The third-order valence-corrected chi connectivity index (χ3v) is 6.43. The summed E-state index contributed by atoms with van der Waals surface area (Å²) in [7, 11) is 0. The van der Waals surface area contributed by atoms with Crippen molar-refractivity contribution in [3.8, 4) is 0 Å². The number of aliphatic hydroxyl groups is 2. The van der Waals surface area contributed by atoms with E-state index in [0.29, 0.717) is 24.7 Å². The molecule has 3 nitrogen and oxygen atoms in total. The van der Waals surface area contributed by atoms with Crippen molar-refractivity contribution < 1.29 is 15.0 Å². The van der Waals surface area contributed by atoms with Gasteiger partial charge >= 0.3 is 0 Å². The highest BCUT2D eigenvalue weighted by molar-refractivity contribution is 5.88. The number of hydrogen-bond acceptors (Lipinski definition) is 3. The number of benzene rings is 1. The van der Waals surface area contributed by atoms with Crippen LogP contribution < -0.4 is 0 Å². The van der Waals surface area contributed by atoms with E-state index in [0.717, 1.165) is 25.7 Å². The molecule has 3 heteroatoms. The Hall–Kier alpha value is -1.19. The van der Waals surface area contributed by atoms with Gasteiger partial charge in [-0.2, -0.15) is 0 Å². The molecule has 0 radical (unpaired) electrons. The first-order valence-corrected chi connectivity index (χ1v) is 8.12. The van der Waals surface area contributed by atoms with Gasteiger partial charge in [-0.05, 0) is 61.0 Å². The quantitative estimate of drug-likeness (QED) is 0.779. The lowest BCUT2D eigenvalue weighted by atomic mass is 9.54. The molecule has 0 aliphatic heterocycles. The van der Waals surface area contributed by atoms with E-state index in [1.54, 1.807) is 0 Å². The molecular weight excluding hydrogens is 264 g/mol. The molecule has 2 saturated carbocycles. The second-order valence-electron chi connectivity index (χ2n) is 7.03. The molecule has 0 spiro atoms. The van der Waals surface area contributed by atoms with E-state index in [-0.39, 0.29) is 11.7 Å². The number of ketones is 1. The van der Waals surface area contributed by atoms with E-state index < -0.39 is 11.7 Å². The minimum atomic E-state index is -1.49. The Morgan fingerprint density at radius 1 is 1.10 bits per heavy atom. The summed E-state index contributed by atoms with van der Waals surface area (Å²) in [5.74, 6) is 1.16. The van der Waals surface area contributed by atoms with Crippen molar-refractivity contribution in [2.75, 3.05) is 0 Å². The summed E-state index contributed by atoms with van der Waals surface area (Å²) < 4.78 is 0. The Labute approximate surface area is 125 Å². The highest BCUT2D eigenvalue weighted by Crippen LogP contribution is 2.60. The first-order valence-electron chi connectivity index (χ1n) is 8.12. The van der Waals surface area contributed by atoms with Crippen molar-refractivity contribution in [1.29, 1.82) is 0 Å². The third-order valence-electron chi connectivity index (χ3n) is 6.43. The molecule has 112 valence electrons. The molecule has 4 rings (SSSR count). The lowest BCUT2D eigenvalue weighted by Gasteiger charge is -2.50. The number of hydrogen-bond donors (Lipinski definition) is 2. The fourth-order valence-electron chi connectivity index (χ4n) is 5.49. The van der Waals surface area contributed by atoms with Gasteiger partial charge in [0.1, 0.15) is 5.78 Å². The Bertz CT molecular complexity index is 580. The summed E-state index contributed by atoms with van der Waals surface area (Å²) >= 11 is 0. The second kappa shape index (κ2) is 4.65. The van der Waals surface area contributed by atoms with Gasteiger partial charge in [0.2, 0.25) is 0 Å². The Morgan fingerprint density at radius 3 is 2.71 bits per heavy atom. The van der Waals surface area contributed by atoms with E-state index in [1.807, 2.05) is 0 Å². The maximum Gasteiger partial charge on any atom is 0.164 e. The monoisotopic (exact) mass is 286 g/mol. The zero-order valence-corrected chi connectivity index (χ0v) is 12.2. The van der Waals surface area contributed by atoms with Crippen LogP contribution in [0, 0.1) is 17.3 Å². The van der Waals surface area contributed by atoms with Crippen molar-refractivity contribution in [3.63, 3.8) is 0 Å². The molecule has 0 amide bonds. The van der Waals surface area contributed by atoms with Gasteiger partial charge in [-0.25, -0.2) is 0 Å². The van der Waals surface area contributed by atoms with Crippen LogP contribution in [0.15, 0.2) is 24.3 Å². The van der Waals surface area contributed by atoms with Crippen molar-refractivity contribution >= 4 is 5.78 Å². The van der Waals surface area contributed by atoms with E-state index in [1.165, 1.54) is 11.1 Å². The topological polar surface area (TPSA) is 57.5 Å². The van der Waals surface area contributed by atoms with E-state index in [4.69, 9.17) is 0 Å². The molecule has 0 saturated heterocycles. The fraction of sp³-hybridized carbons (Fsp3) is 0.611. The van der Waals surface area contributed by atoms with Crippen molar-refractivity contribution in [1.82, 2.24) is 0 Å². The van der Waals surface area contributed by atoms with Gasteiger partial charge in [0.25, 0.3) is 0 Å². The minimum absolute atomic E-state index is 0.0832. The van der Waals surface area contributed by atoms with Crippen LogP contribution in [0.1, 0.15) is 49.1 Å². The van der Waals surface area contributed by atoms with Gasteiger partial charge < -0.3 is 10.2 Å². The van der Waals surface area contributed by atoms with Crippen LogP contribution in [-0.2, 0) is 11.2 Å². The normalized spacial score (nSPS) is 38.0. The van der Waals surface area contributed by atoms with Crippen LogP contribution in [-0.4, -0.2) is 22.3 Å². The number of carbonyl (C=O) groups is 1. The molecule has 4 atom stereocenters. The molecular formula is C18H22O3. The van der Waals surface area contributed by atoms with Gasteiger partial charge in [-0.1, -0.05) is 24.3 Å². The SMILES string of the molecule is O=C1CC[C@H]2[C@@H]3CCc4ccccc4[C@H]3CC[C@]12C(O)O. The van der Waals surface area contributed by atoms with E-state index in [2.05, 4.69) is 24.3 Å². The molecule has 0 aromatic heterocycles. The number of carbonyl (C=O) groups excluding carboxylic acids is 1. The molecule has 0 bridgehead atoms. The first-order chi connectivity index (χ1) is 10.1. The molecule has 0 heterocycles. The number of aryl methyl sites for hydroxylation is 1. The molecule has 3 aliphatic carbocycles. The summed E-state index contributed by atoms with van der Waals surface area (Å²) in [5, 5.41) is 19.9. The van der Waals surface area contributed by atoms with Gasteiger partial charge in [-0.3, -0.25) is 4.79 Å². The first kappa shape index (κ1) is 13.5. The molecule has 3 aliphatic rings. The fourth-order valence-corrected chi connectivity index (χ4v) is 5.49. The van der Waals surface area contributed by atoms with Crippen LogP contribution in [0.25, 0.3) is 0 Å². The highest BCUT2D eigenvalue weighted by Gasteiger charge is 2.60. The van der Waals surface area contributed by atoms with Crippen molar-refractivity contribution in [2.24, 2.45) is 17.3 Å². The Balaban J connectivity index is 1.75. The number of aliphatic hydroxyl groups excluding tert-OH is 1. The Kier molecular flexibility index (Phi) is 2.98. The van der Waals surface area contributed by atoms with Crippen LogP contribution >= 0.6 is 0 Å². The predicted molar refractivity (Wildman–Crippen MR) is 78.6 cm³/mol. The van der Waals surface area contributed by atoms with Gasteiger partial charge in [0.15, 0.2) is 6.29 Å². The molecule has 2 N–H and O–H groups in total. The molecule has 1 aromatic rings. The zero-order chi connectivity index (χ0) is 14.6. The van der Waals surface area contributed by atoms with Crippen LogP contribution in [0.4, 0.5) is 0 Å². The van der Waals surface area contributed by atoms with Crippen LogP contribution in [0.2, 0.25) is 0 Å². The molecule has 0 unspecified atom stereocenters. The van der Waals surface area contributed by atoms with E-state index >= 15 is 0 Å². The summed E-state index contributed by atoms with van der Waals surface area (Å²) in [6.07, 6.45) is 3.53.